The van der Waals surface area contributed by atoms with Gasteiger partial charge in [-0.1, -0.05) is 117 Å². The van der Waals surface area contributed by atoms with Crippen molar-refractivity contribution < 1.29 is 43.3 Å². The highest BCUT2D eigenvalue weighted by Gasteiger charge is 2.34. The molecular weight excluding hydrogens is 873 g/mol. The van der Waals surface area contributed by atoms with Crippen molar-refractivity contribution in [2.45, 2.75) is 122 Å². The van der Waals surface area contributed by atoms with Crippen LogP contribution in [0.25, 0.3) is 11.1 Å². The quantitative estimate of drug-likeness (QED) is 0.0511. The van der Waals surface area contributed by atoms with Crippen molar-refractivity contribution in [3.8, 4) is 22.6 Å². The molecule has 0 aromatic heterocycles. The average Bonchev–Trinajstić information content (AvgIpc) is 3.61. The largest absolute Gasteiger partial charge is 0.488 e. The van der Waals surface area contributed by atoms with Gasteiger partial charge in [0.1, 0.15) is 53.5 Å². The third-order valence-electron chi connectivity index (χ3n) is 11.4. The van der Waals surface area contributed by atoms with Gasteiger partial charge in [0.05, 0.1) is 0 Å². The van der Waals surface area contributed by atoms with Crippen LogP contribution in [0.3, 0.4) is 0 Å². The van der Waals surface area contributed by atoms with Crippen molar-refractivity contribution >= 4 is 29.8 Å². The maximum absolute atomic E-state index is 14.7. The summed E-state index contributed by atoms with van der Waals surface area (Å²) in [7, 11) is 0. The lowest BCUT2D eigenvalue weighted by molar-refractivity contribution is -0.142. The second-order valence-electron chi connectivity index (χ2n) is 20.0. The molecule has 69 heavy (non-hydrogen) atoms. The first-order valence-corrected chi connectivity index (χ1v) is 23.6. The summed E-state index contributed by atoms with van der Waals surface area (Å²) in [6, 6.07) is 34.2. The standard InChI is InChI=1S/C56H66N4O9/c1-35(2)30-46(60-54(66)67-34-45-43-20-14-12-18-41(43)42-19-13-15-21-44(42)45)50(61)57-47(31-37-22-26-39(27-23-37)68-55(3,4)5)51(62)58-48(32-38-24-28-40(29-25-38)69-56(6,7)8)52(63)59-49(53(64)65)33-36-16-10-9-11-17-36/h9-29,35,45-49H,30-34H2,1-8H3,(H,57,61)(H,58,62)(H,59,63)(H,60,66)(H,64,65)/t46-,47+,48-,49-/m0/s1. The number of alkyl carbamates (subject to hydrolysis) is 1. The van der Waals surface area contributed by atoms with Crippen LogP contribution in [0.5, 0.6) is 11.5 Å². The van der Waals surface area contributed by atoms with Gasteiger partial charge in [-0.15, -0.1) is 0 Å². The number of carboxylic acids is 1. The predicted molar refractivity (Wildman–Crippen MR) is 266 cm³/mol. The summed E-state index contributed by atoms with van der Waals surface area (Å²) >= 11 is 0. The predicted octanol–water partition coefficient (Wildman–Crippen LogP) is 8.56. The Hall–Kier alpha value is -7.15. The molecule has 5 aromatic rings. The van der Waals surface area contributed by atoms with E-state index in [1.54, 1.807) is 72.8 Å². The molecule has 1 aliphatic rings. The molecule has 0 aliphatic heterocycles. The molecular formula is C56H66N4O9. The summed E-state index contributed by atoms with van der Waals surface area (Å²) in [6.07, 6.45) is -0.591. The zero-order valence-corrected chi connectivity index (χ0v) is 40.8. The first-order chi connectivity index (χ1) is 32.7. The number of amides is 4. The molecule has 0 bridgehead atoms. The van der Waals surface area contributed by atoms with Gasteiger partial charge in [-0.3, -0.25) is 14.4 Å². The third kappa shape index (κ3) is 15.2. The average molecular weight is 939 g/mol. The number of benzene rings is 5. The fraction of sp³-hybridized carbons (Fsp3) is 0.375. The number of carboxylic acid groups (broad SMARTS) is 1. The summed E-state index contributed by atoms with van der Waals surface area (Å²) in [5.74, 6) is -2.34. The van der Waals surface area contributed by atoms with Crippen LogP contribution in [0.1, 0.15) is 95.5 Å². The molecule has 13 heteroatoms. The monoisotopic (exact) mass is 938 g/mol. The van der Waals surface area contributed by atoms with Crippen LogP contribution < -0.4 is 30.7 Å². The van der Waals surface area contributed by atoms with E-state index in [9.17, 15) is 29.1 Å². The lowest BCUT2D eigenvalue weighted by Crippen LogP contribution is -2.59. The Morgan fingerprint density at radius 3 is 1.33 bits per heavy atom. The SMILES string of the molecule is CC(C)C[C@H](NC(=O)OCC1c2ccccc2-c2ccccc21)C(=O)N[C@H](Cc1ccc(OC(C)(C)C)cc1)C(=O)N[C@@H](Cc1ccc(OC(C)(C)C)cc1)C(=O)N[C@@H](Cc1ccccc1)C(=O)O. The van der Waals surface area contributed by atoms with Crippen LogP contribution >= 0.6 is 0 Å². The second-order valence-corrected chi connectivity index (χ2v) is 20.0. The zero-order chi connectivity index (χ0) is 49.9. The van der Waals surface area contributed by atoms with Crippen LogP contribution in [-0.4, -0.2) is 76.9 Å². The minimum atomic E-state index is -1.31. The van der Waals surface area contributed by atoms with Gasteiger partial charge in [0, 0.05) is 25.2 Å². The Morgan fingerprint density at radius 1 is 0.507 bits per heavy atom. The van der Waals surface area contributed by atoms with E-state index in [0.717, 1.165) is 22.3 Å². The van der Waals surface area contributed by atoms with E-state index in [4.69, 9.17) is 14.2 Å². The van der Waals surface area contributed by atoms with Gasteiger partial charge in [-0.05, 0) is 117 Å². The maximum atomic E-state index is 14.7. The van der Waals surface area contributed by atoms with Crippen LogP contribution in [-0.2, 0) is 43.2 Å². The molecule has 364 valence electrons. The first kappa shape index (κ1) is 51.2. The van der Waals surface area contributed by atoms with E-state index in [1.165, 1.54) is 0 Å². The topological polar surface area (TPSA) is 181 Å². The first-order valence-electron chi connectivity index (χ1n) is 23.6. The number of hydrogen-bond donors (Lipinski definition) is 5. The molecule has 6 rings (SSSR count). The van der Waals surface area contributed by atoms with Crippen molar-refractivity contribution in [2.75, 3.05) is 6.61 Å². The van der Waals surface area contributed by atoms with Crippen LogP contribution in [0.15, 0.2) is 127 Å². The molecule has 0 radical (unpaired) electrons. The van der Waals surface area contributed by atoms with Gasteiger partial charge in [0.15, 0.2) is 0 Å². The lowest BCUT2D eigenvalue weighted by atomic mass is 9.98. The number of carbonyl (C=O) groups excluding carboxylic acids is 4. The Kier molecular flexibility index (Phi) is 16.9. The molecule has 5 aromatic carbocycles. The summed E-state index contributed by atoms with van der Waals surface area (Å²) in [6.45, 7) is 15.5. The number of rotatable bonds is 20. The van der Waals surface area contributed by atoms with Crippen LogP contribution in [0, 0.1) is 5.92 Å². The van der Waals surface area contributed by atoms with E-state index in [0.29, 0.717) is 28.2 Å². The summed E-state index contributed by atoms with van der Waals surface area (Å²) < 4.78 is 17.9. The molecule has 0 spiro atoms. The molecule has 0 unspecified atom stereocenters. The molecule has 1 aliphatic carbocycles. The van der Waals surface area contributed by atoms with Gasteiger partial charge >= 0.3 is 12.1 Å². The Morgan fingerprint density at radius 2 is 0.899 bits per heavy atom. The van der Waals surface area contributed by atoms with E-state index in [1.807, 2.05) is 110 Å². The number of carbonyl (C=O) groups is 5. The smallest absolute Gasteiger partial charge is 0.407 e. The Bertz CT molecular complexity index is 2500. The van der Waals surface area contributed by atoms with Crippen LogP contribution in [0.4, 0.5) is 4.79 Å². The van der Waals surface area contributed by atoms with Gasteiger partial charge in [-0.2, -0.15) is 0 Å². The van der Waals surface area contributed by atoms with Gasteiger partial charge in [-0.25, -0.2) is 9.59 Å². The van der Waals surface area contributed by atoms with Crippen molar-refractivity contribution in [3.63, 3.8) is 0 Å². The number of nitrogens with one attached hydrogen (secondary N) is 4. The van der Waals surface area contributed by atoms with E-state index in [-0.39, 0.29) is 44.1 Å². The van der Waals surface area contributed by atoms with E-state index in [2.05, 4.69) is 21.3 Å². The number of hydrogen-bond acceptors (Lipinski definition) is 8. The van der Waals surface area contributed by atoms with Gasteiger partial charge in [0.25, 0.3) is 0 Å². The normalized spacial score (nSPS) is 14.0. The highest BCUT2D eigenvalue weighted by atomic mass is 16.5. The number of fused-ring (bicyclic) bond motifs is 3. The molecule has 13 nitrogen and oxygen atoms in total. The molecule has 5 N–H and O–H groups in total. The summed E-state index contributed by atoms with van der Waals surface area (Å²) in [4.78, 5) is 69.5. The zero-order valence-electron chi connectivity index (χ0n) is 40.8. The fourth-order valence-corrected chi connectivity index (χ4v) is 8.34. The number of aliphatic carboxylic acids is 1. The van der Waals surface area contributed by atoms with Crippen molar-refractivity contribution in [1.82, 2.24) is 21.3 Å². The van der Waals surface area contributed by atoms with E-state index >= 15 is 0 Å². The molecule has 4 amide bonds. The second kappa shape index (κ2) is 22.8. The minimum absolute atomic E-state index is 0.00292. The molecule has 0 heterocycles. The summed E-state index contributed by atoms with van der Waals surface area (Å²) in [5.41, 5.74) is 5.36. The van der Waals surface area contributed by atoms with Gasteiger partial charge in [0.2, 0.25) is 17.7 Å². The molecule has 0 saturated heterocycles. The lowest BCUT2D eigenvalue weighted by Gasteiger charge is -2.27. The van der Waals surface area contributed by atoms with Crippen molar-refractivity contribution in [1.29, 1.82) is 0 Å². The number of ether oxygens (including phenoxy) is 3. The molecule has 0 saturated carbocycles. The van der Waals surface area contributed by atoms with E-state index < -0.39 is 65.2 Å². The summed E-state index contributed by atoms with van der Waals surface area (Å²) in [5, 5.41) is 21.4. The van der Waals surface area contributed by atoms with Crippen molar-refractivity contribution in [3.05, 3.63) is 155 Å². The highest BCUT2D eigenvalue weighted by Crippen LogP contribution is 2.44. The Labute approximate surface area is 405 Å². The third-order valence-corrected chi connectivity index (χ3v) is 11.4. The molecule has 4 atom stereocenters. The Balaban J connectivity index is 1.25. The fourth-order valence-electron chi connectivity index (χ4n) is 8.34. The van der Waals surface area contributed by atoms with Gasteiger partial charge < -0.3 is 40.6 Å². The minimum Gasteiger partial charge on any atom is -0.488 e. The highest BCUT2D eigenvalue weighted by molar-refractivity contribution is 5.95. The van der Waals surface area contributed by atoms with Crippen molar-refractivity contribution in [2.24, 2.45) is 5.92 Å². The maximum Gasteiger partial charge on any atom is 0.407 e. The molecule has 0 fully saturated rings. The van der Waals surface area contributed by atoms with Crippen LogP contribution in [0.2, 0.25) is 0 Å².